The normalized spacial score (nSPS) is 12.3. The second-order valence-electron chi connectivity index (χ2n) is 7.07. The maximum absolute atomic E-state index is 8.99. The molecular formula is C20H18BO2. The minimum atomic E-state index is 0.123. The van der Waals surface area contributed by atoms with Gasteiger partial charge in [-0.15, -0.1) is 0 Å². The maximum Gasteiger partial charge on any atom is 0.569 e. The monoisotopic (exact) mass is 301 g/mol. The molecule has 0 saturated heterocycles. The summed E-state index contributed by atoms with van der Waals surface area (Å²) in [5.41, 5.74) is 6.48. The van der Waals surface area contributed by atoms with Gasteiger partial charge in [-0.25, -0.2) is 0 Å². The lowest BCUT2D eigenvalue weighted by molar-refractivity contribution is 0.457. The molecule has 0 atom stereocenters. The molecule has 3 heteroatoms. The van der Waals surface area contributed by atoms with Crippen LogP contribution < -0.4 is 4.65 Å². The van der Waals surface area contributed by atoms with Crippen molar-refractivity contribution in [1.29, 1.82) is 0 Å². The van der Waals surface area contributed by atoms with Crippen LogP contribution in [0.3, 0.4) is 0 Å². The van der Waals surface area contributed by atoms with Gasteiger partial charge in [-0.05, 0) is 45.4 Å². The van der Waals surface area contributed by atoms with Crippen molar-refractivity contribution in [2.24, 2.45) is 0 Å². The highest BCUT2D eigenvalue weighted by molar-refractivity contribution is 6.20. The highest BCUT2D eigenvalue weighted by atomic mass is 16.5. The lowest BCUT2D eigenvalue weighted by Crippen LogP contribution is -2.10. The first kappa shape index (κ1) is 14.3. The maximum atomic E-state index is 8.99. The van der Waals surface area contributed by atoms with Crippen molar-refractivity contribution in [3.05, 3.63) is 54.1 Å². The molecule has 3 aromatic rings. The van der Waals surface area contributed by atoms with Crippen LogP contribution in [0.2, 0.25) is 0 Å². The second-order valence-corrected chi connectivity index (χ2v) is 7.07. The van der Waals surface area contributed by atoms with Gasteiger partial charge in [0.2, 0.25) is 0 Å². The van der Waals surface area contributed by atoms with Crippen molar-refractivity contribution in [1.82, 2.24) is 0 Å². The standard InChI is InChI=1S/C20H18BO2/c1-20(2,3)12-7-8-13-15-9-10-18(23-21-22)16-6-4-5-14(19(15)16)17(13)11-12/h4-11,22H,1-3H3. The van der Waals surface area contributed by atoms with Crippen molar-refractivity contribution in [2.75, 3.05) is 0 Å². The number of benzene rings is 3. The summed E-state index contributed by atoms with van der Waals surface area (Å²) in [5.74, 6) is 0.678. The molecule has 0 spiro atoms. The average Bonchev–Trinajstić information content (AvgIpc) is 2.85. The van der Waals surface area contributed by atoms with E-state index in [1.165, 1.54) is 33.2 Å². The summed E-state index contributed by atoms with van der Waals surface area (Å²) in [4.78, 5) is 0. The molecule has 0 saturated carbocycles. The summed E-state index contributed by atoms with van der Waals surface area (Å²) >= 11 is 0. The fraction of sp³-hybridized carbons (Fsp3) is 0.200. The molecule has 0 unspecified atom stereocenters. The van der Waals surface area contributed by atoms with Crippen molar-refractivity contribution in [3.63, 3.8) is 0 Å². The smallest absolute Gasteiger partial charge is 0.537 e. The summed E-state index contributed by atoms with van der Waals surface area (Å²) in [7, 11) is 0.740. The fourth-order valence-electron chi connectivity index (χ4n) is 3.46. The van der Waals surface area contributed by atoms with Crippen LogP contribution in [0.4, 0.5) is 0 Å². The van der Waals surface area contributed by atoms with Crippen LogP contribution in [0.15, 0.2) is 48.5 Å². The van der Waals surface area contributed by atoms with Crippen molar-refractivity contribution in [3.8, 4) is 28.0 Å². The van der Waals surface area contributed by atoms with E-state index in [0.29, 0.717) is 5.75 Å². The lowest BCUT2D eigenvalue weighted by atomic mass is 9.85. The van der Waals surface area contributed by atoms with Crippen LogP contribution >= 0.6 is 0 Å². The third kappa shape index (κ3) is 2.07. The molecule has 23 heavy (non-hydrogen) atoms. The second kappa shape index (κ2) is 4.87. The SMILES string of the molecule is CC(C)(C)c1ccc2c(c1)-c1cccc3c(O[B]O)ccc-2c13. The van der Waals surface area contributed by atoms with E-state index in [1.807, 2.05) is 18.2 Å². The van der Waals surface area contributed by atoms with Crippen molar-refractivity contribution >= 4 is 18.5 Å². The number of hydrogen-bond acceptors (Lipinski definition) is 2. The predicted octanol–water partition coefficient (Wildman–Crippen LogP) is 4.69. The summed E-state index contributed by atoms with van der Waals surface area (Å²) < 4.78 is 5.26. The first-order valence-corrected chi connectivity index (χ1v) is 7.84. The lowest BCUT2D eigenvalue weighted by Gasteiger charge is -2.20. The average molecular weight is 301 g/mol. The van der Waals surface area contributed by atoms with E-state index in [1.54, 1.807) is 0 Å². The zero-order valence-corrected chi connectivity index (χ0v) is 13.6. The summed E-state index contributed by atoms with van der Waals surface area (Å²) in [6.45, 7) is 6.71. The van der Waals surface area contributed by atoms with Gasteiger partial charge >= 0.3 is 7.69 Å². The molecule has 0 fully saturated rings. The number of rotatable bonds is 2. The first-order chi connectivity index (χ1) is 11.0. The van der Waals surface area contributed by atoms with Gasteiger partial charge in [0.15, 0.2) is 0 Å². The number of fused-ring (bicyclic) bond motifs is 3. The molecule has 2 nitrogen and oxygen atoms in total. The van der Waals surface area contributed by atoms with Crippen LogP contribution in [-0.2, 0) is 5.41 Å². The van der Waals surface area contributed by atoms with E-state index in [0.717, 1.165) is 13.1 Å². The van der Waals surface area contributed by atoms with Gasteiger partial charge in [0.05, 0.1) is 0 Å². The number of hydrogen-bond donors (Lipinski definition) is 1. The minimum absolute atomic E-state index is 0.123. The van der Waals surface area contributed by atoms with E-state index >= 15 is 0 Å². The Morgan fingerprint density at radius 3 is 2.35 bits per heavy atom. The largest absolute Gasteiger partial charge is 0.569 e. The Morgan fingerprint density at radius 2 is 1.61 bits per heavy atom. The van der Waals surface area contributed by atoms with Gasteiger partial charge in [0.1, 0.15) is 5.75 Å². The topological polar surface area (TPSA) is 29.5 Å². The van der Waals surface area contributed by atoms with E-state index in [-0.39, 0.29) is 5.41 Å². The van der Waals surface area contributed by atoms with Gasteiger partial charge in [0.25, 0.3) is 0 Å². The molecule has 0 amide bonds. The van der Waals surface area contributed by atoms with Gasteiger partial charge in [0, 0.05) is 10.8 Å². The van der Waals surface area contributed by atoms with Gasteiger partial charge in [-0.2, -0.15) is 0 Å². The molecular weight excluding hydrogens is 283 g/mol. The molecule has 0 heterocycles. The van der Waals surface area contributed by atoms with E-state index in [9.17, 15) is 0 Å². The third-order valence-electron chi connectivity index (χ3n) is 4.65. The molecule has 113 valence electrons. The Kier molecular flexibility index (Phi) is 3.04. The highest BCUT2D eigenvalue weighted by Gasteiger charge is 2.24. The summed E-state index contributed by atoms with van der Waals surface area (Å²) in [5, 5.41) is 11.2. The fourth-order valence-corrected chi connectivity index (χ4v) is 3.46. The molecule has 0 bridgehead atoms. The van der Waals surface area contributed by atoms with Gasteiger partial charge < -0.3 is 9.68 Å². The van der Waals surface area contributed by atoms with Crippen LogP contribution in [0.1, 0.15) is 26.3 Å². The Morgan fingerprint density at radius 1 is 0.870 bits per heavy atom. The molecule has 1 N–H and O–H groups in total. The van der Waals surface area contributed by atoms with E-state index in [4.69, 9.17) is 9.68 Å². The molecule has 0 aromatic heterocycles. The zero-order valence-electron chi connectivity index (χ0n) is 13.6. The third-order valence-corrected chi connectivity index (χ3v) is 4.65. The minimum Gasteiger partial charge on any atom is -0.537 e. The Hall–Kier alpha value is -2.26. The highest BCUT2D eigenvalue weighted by Crippen LogP contribution is 2.50. The molecule has 0 aliphatic heterocycles. The van der Waals surface area contributed by atoms with Crippen molar-refractivity contribution in [2.45, 2.75) is 26.2 Å². The van der Waals surface area contributed by atoms with Crippen LogP contribution in [0.25, 0.3) is 33.0 Å². The van der Waals surface area contributed by atoms with Crippen LogP contribution in [0, 0.1) is 0 Å². The molecule has 1 aliphatic rings. The molecule has 1 aliphatic carbocycles. The molecule has 4 rings (SSSR count). The zero-order chi connectivity index (χ0) is 16.2. The van der Waals surface area contributed by atoms with Crippen molar-refractivity contribution < 1.29 is 9.68 Å². The van der Waals surface area contributed by atoms with E-state index < -0.39 is 0 Å². The quantitative estimate of drug-likeness (QED) is 0.544. The van der Waals surface area contributed by atoms with Crippen LogP contribution in [0.5, 0.6) is 5.75 Å². The van der Waals surface area contributed by atoms with E-state index in [2.05, 4.69) is 51.1 Å². The summed E-state index contributed by atoms with van der Waals surface area (Å²) in [6, 6.07) is 17.0. The van der Waals surface area contributed by atoms with Gasteiger partial charge in [-0.1, -0.05) is 57.2 Å². The Bertz CT molecular complexity index is 923. The van der Waals surface area contributed by atoms with Gasteiger partial charge in [-0.3, -0.25) is 0 Å². The molecule has 3 aromatic carbocycles. The van der Waals surface area contributed by atoms with Crippen LogP contribution in [-0.4, -0.2) is 12.7 Å². The Balaban J connectivity index is 2.02. The first-order valence-electron chi connectivity index (χ1n) is 7.84. The molecule has 1 radical (unpaired) electrons. The summed E-state index contributed by atoms with van der Waals surface area (Å²) in [6.07, 6.45) is 0. The predicted molar refractivity (Wildman–Crippen MR) is 95.7 cm³/mol. The Labute approximate surface area is 137 Å².